The van der Waals surface area contributed by atoms with E-state index in [1.54, 1.807) is 5.38 Å². The maximum Gasteiger partial charge on any atom is 0.159 e. The fraction of sp³-hybridized carbons (Fsp3) is 0.231. The zero-order chi connectivity index (χ0) is 13.1. The summed E-state index contributed by atoms with van der Waals surface area (Å²) in [7, 11) is 0. The summed E-state index contributed by atoms with van der Waals surface area (Å²) < 4.78 is 25.9. The van der Waals surface area contributed by atoms with Crippen LogP contribution in [0.5, 0.6) is 0 Å². The molecule has 0 aliphatic carbocycles. The van der Waals surface area contributed by atoms with Gasteiger partial charge in [-0.05, 0) is 25.1 Å². The summed E-state index contributed by atoms with van der Waals surface area (Å²) in [5, 5.41) is 2.60. The summed E-state index contributed by atoms with van der Waals surface area (Å²) in [6, 6.07) is 3.70. The van der Waals surface area contributed by atoms with Crippen LogP contribution < -0.4 is 0 Å². The van der Waals surface area contributed by atoms with Gasteiger partial charge in [0.25, 0.3) is 0 Å². The monoisotopic (exact) mass is 267 g/mol. The van der Waals surface area contributed by atoms with Crippen molar-refractivity contribution in [3.05, 3.63) is 40.2 Å². The minimum absolute atomic E-state index is 0.111. The standard InChI is InChI=1S/C13H11F2NOS/c1-8(17)2-5-13-16-12(7-18-13)9-3-4-10(14)11(15)6-9/h3-4,6-7H,2,5H2,1H3. The molecule has 0 aliphatic heterocycles. The fourth-order valence-electron chi connectivity index (χ4n) is 1.50. The van der Waals surface area contributed by atoms with Crippen LogP contribution >= 0.6 is 11.3 Å². The first-order valence-corrected chi connectivity index (χ1v) is 6.33. The third kappa shape index (κ3) is 2.98. The average Bonchev–Trinajstić information content (AvgIpc) is 2.79. The van der Waals surface area contributed by atoms with Gasteiger partial charge in [0.1, 0.15) is 5.78 Å². The largest absolute Gasteiger partial charge is 0.300 e. The SMILES string of the molecule is CC(=O)CCc1nc(-c2ccc(F)c(F)c2)cs1. The quantitative estimate of drug-likeness (QED) is 0.847. The first kappa shape index (κ1) is 12.8. The van der Waals surface area contributed by atoms with E-state index in [-0.39, 0.29) is 5.78 Å². The van der Waals surface area contributed by atoms with E-state index in [0.717, 1.165) is 17.1 Å². The first-order valence-electron chi connectivity index (χ1n) is 5.45. The molecule has 18 heavy (non-hydrogen) atoms. The van der Waals surface area contributed by atoms with Crippen molar-refractivity contribution >= 4 is 17.1 Å². The molecule has 0 unspecified atom stereocenters. The number of rotatable bonds is 4. The lowest BCUT2D eigenvalue weighted by molar-refractivity contribution is -0.116. The highest BCUT2D eigenvalue weighted by Crippen LogP contribution is 2.24. The highest BCUT2D eigenvalue weighted by atomic mass is 32.1. The molecule has 0 amide bonds. The van der Waals surface area contributed by atoms with Gasteiger partial charge in [-0.2, -0.15) is 0 Å². The van der Waals surface area contributed by atoms with E-state index in [2.05, 4.69) is 4.98 Å². The van der Waals surface area contributed by atoms with E-state index in [1.165, 1.54) is 24.3 Å². The van der Waals surface area contributed by atoms with E-state index >= 15 is 0 Å². The van der Waals surface area contributed by atoms with Gasteiger partial charge in [-0.25, -0.2) is 13.8 Å². The summed E-state index contributed by atoms with van der Waals surface area (Å²) in [6.07, 6.45) is 1.04. The maximum atomic E-state index is 13.1. The van der Waals surface area contributed by atoms with Crippen molar-refractivity contribution < 1.29 is 13.6 Å². The molecule has 0 atom stereocenters. The van der Waals surface area contributed by atoms with Crippen LogP contribution in [-0.4, -0.2) is 10.8 Å². The number of benzene rings is 1. The number of halogens is 2. The van der Waals surface area contributed by atoms with E-state index in [9.17, 15) is 13.6 Å². The molecule has 0 N–H and O–H groups in total. The number of aryl methyl sites for hydroxylation is 1. The minimum Gasteiger partial charge on any atom is -0.300 e. The molecular formula is C13H11F2NOS. The van der Waals surface area contributed by atoms with Crippen molar-refractivity contribution in [2.24, 2.45) is 0 Å². The van der Waals surface area contributed by atoms with Crippen LogP contribution in [0.1, 0.15) is 18.4 Å². The van der Waals surface area contributed by atoms with Gasteiger partial charge >= 0.3 is 0 Å². The Morgan fingerprint density at radius 3 is 2.78 bits per heavy atom. The molecule has 5 heteroatoms. The van der Waals surface area contributed by atoms with Gasteiger partial charge in [0.15, 0.2) is 11.6 Å². The molecular weight excluding hydrogens is 256 g/mol. The number of carbonyl (C=O) groups is 1. The van der Waals surface area contributed by atoms with Gasteiger partial charge in [-0.1, -0.05) is 0 Å². The summed E-state index contributed by atoms with van der Waals surface area (Å²) in [5.74, 6) is -1.64. The summed E-state index contributed by atoms with van der Waals surface area (Å²) in [4.78, 5) is 15.2. The highest BCUT2D eigenvalue weighted by Gasteiger charge is 2.08. The zero-order valence-electron chi connectivity index (χ0n) is 9.74. The number of thiazole rings is 1. The summed E-state index contributed by atoms with van der Waals surface area (Å²) >= 11 is 1.42. The third-order valence-corrected chi connectivity index (χ3v) is 3.37. The van der Waals surface area contributed by atoms with Crippen LogP contribution in [-0.2, 0) is 11.2 Å². The van der Waals surface area contributed by atoms with Crippen LogP contribution in [0, 0.1) is 11.6 Å². The Morgan fingerprint density at radius 2 is 2.11 bits per heavy atom. The molecule has 0 radical (unpaired) electrons. The van der Waals surface area contributed by atoms with Gasteiger partial charge in [0.05, 0.1) is 10.7 Å². The Balaban J connectivity index is 2.18. The number of carbonyl (C=O) groups excluding carboxylic acids is 1. The van der Waals surface area contributed by atoms with Crippen molar-refractivity contribution in [2.45, 2.75) is 19.8 Å². The molecule has 0 fully saturated rings. The lowest BCUT2D eigenvalue weighted by atomic mass is 10.1. The van der Waals surface area contributed by atoms with Crippen molar-refractivity contribution in [1.29, 1.82) is 0 Å². The van der Waals surface area contributed by atoms with Gasteiger partial charge in [-0.3, -0.25) is 0 Å². The lowest BCUT2D eigenvalue weighted by Gasteiger charge is -1.97. The minimum atomic E-state index is -0.884. The second kappa shape index (κ2) is 5.35. The molecule has 1 aromatic heterocycles. The smallest absolute Gasteiger partial charge is 0.159 e. The third-order valence-electron chi connectivity index (χ3n) is 2.46. The number of aromatic nitrogens is 1. The Bertz CT molecular complexity index is 580. The number of hydrogen-bond acceptors (Lipinski definition) is 3. The molecule has 0 bridgehead atoms. The van der Waals surface area contributed by atoms with Crippen molar-refractivity contribution in [2.75, 3.05) is 0 Å². The van der Waals surface area contributed by atoms with E-state index in [1.807, 2.05) is 0 Å². The normalized spacial score (nSPS) is 10.6. The van der Waals surface area contributed by atoms with Gasteiger partial charge in [-0.15, -0.1) is 11.3 Å². The second-order valence-corrected chi connectivity index (χ2v) is 4.90. The van der Waals surface area contributed by atoms with E-state index < -0.39 is 11.6 Å². The van der Waals surface area contributed by atoms with Crippen LogP contribution in [0.15, 0.2) is 23.6 Å². The highest BCUT2D eigenvalue weighted by molar-refractivity contribution is 7.09. The average molecular weight is 267 g/mol. The predicted octanol–water partition coefficient (Wildman–Crippen LogP) is 3.61. The van der Waals surface area contributed by atoms with E-state index in [4.69, 9.17) is 0 Å². The fourth-order valence-corrected chi connectivity index (χ4v) is 2.30. The van der Waals surface area contributed by atoms with Crippen LogP contribution in [0.4, 0.5) is 8.78 Å². The molecule has 0 spiro atoms. The second-order valence-electron chi connectivity index (χ2n) is 3.96. The molecule has 0 saturated carbocycles. The Labute approximate surface area is 107 Å². The van der Waals surface area contributed by atoms with E-state index in [0.29, 0.717) is 24.1 Å². The van der Waals surface area contributed by atoms with Crippen molar-refractivity contribution in [3.8, 4) is 11.3 Å². The number of hydrogen-bond donors (Lipinski definition) is 0. The van der Waals surface area contributed by atoms with Gasteiger partial charge in [0.2, 0.25) is 0 Å². The molecule has 2 rings (SSSR count). The number of nitrogens with zero attached hydrogens (tertiary/aromatic N) is 1. The Kier molecular flexibility index (Phi) is 3.81. The predicted molar refractivity (Wildman–Crippen MR) is 66.5 cm³/mol. The van der Waals surface area contributed by atoms with Crippen molar-refractivity contribution in [1.82, 2.24) is 4.98 Å². The summed E-state index contributed by atoms with van der Waals surface area (Å²) in [5.41, 5.74) is 1.15. The molecule has 2 nitrogen and oxygen atoms in total. The summed E-state index contributed by atoms with van der Waals surface area (Å²) in [6.45, 7) is 1.53. The lowest BCUT2D eigenvalue weighted by Crippen LogP contribution is -1.93. The molecule has 2 aromatic rings. The molecule has 0 saturated heterocycles. The van der Waals surface area contributed by atoms with Crippen molar-refractivity contribution in [3.63, 3.8) is 0 Å². The molecule has 0 aliphatic rings. The molecule has 1 aromatic carbocycles. The number of Topliss-reactive ketones (excluding diaryl/α,β-unsaturated/α-hetero) is 1. The Hall–Kier alpha value is -1.62. The van der Waals surface area contributed by atoms with Gasteiger partial charge < -0.3 is 4.79 Å². The van der Waals surface area contributed by atoms with Crippen LogP contribution in [0.25, 0.3) is 11.3 Å². The van der Waals surface area contributed by atoms with Gasteiger partial charge in [0, 0.05) is 23.8 Å². The topological polar surface area (TPSA) is 30.0 Å². The number of ketones is 1. The molecule has 94 valence electrons. The first-order chi connectivity index (χ1) is 8.56. The maximum absolute atomic E-state index is 13.1. The Morgan fingerprint density at radius 1 is 1.33 bits per heavy atom. The van der Waals surface area contributed by atoms with Crippen LogP contribution in [0.3, 0.4) is 0 Å². The molecule has 1 heterocycles. The zero-order valence-corrected chi connectivity index (χ0v) is 10.6. The van der Waals surface area contributed by atoms with Crippen LogP contribution in [0.2, 0.25) is 0 Å².